The van der Waals surface area contributed by atoms with E-state index in [1.807, 2.05) is 0 Å². The van der Waals surface area contributed by atoms with Crippen molar-refractivity contribution in [2.45, 2.75) is 12.8 Å². The zero-order chi connectivity index (χ0) is 21.3. The molecule has 0 aromatic heterocycles. The van der Waals surface area contributed by atoms with Crippen LogP contribution in [0.2, 0.25) is 0 Å². The van der Waals surface area contributed by atoms with Gasteiger partial charge in [0.25, 0.3) is 0 Å². The maximum atomic E-state index is 2.35. The second-order valence-corrected chi connectivity index (χ2v) is 8.64. The van der Waals surface area contributed by atoms with E-state index in [1.54, 1.807) is 0 Å². The molecule has 0 N–H and O–H groups in total. The van der Waals surface area contributed by atoms with Crippen LogP contribution in [-0.2, 0) is 12.8 Å². The highest BCUT2D eigenvalue weighted by Gasteiger charge is 2.04. The fourth-order valence-corrected chi connectivity index (χ4v) is 4.68. The zero-order valence-electron chi connectivity index (χ0n) is 18.0. The van der Waals surface area contributed by atoms with Gasteiger partial charge in [0.2, 0.25) is 0 Å². The van der Waals surface area contributed by atoms with Crippen molar-refractivity contribution < 1.29 is 0 Å². The Hall–Kier alpha value is -3.90. The summed E-state index contributed by atoms with van der Waals surface area (Å²) in [5.74, 6) is 0. The van der Waals surface area contributed by atoms with E-state index in [1.165, 1.54) is 54.6 Å². The van der Waals surface area contributed by atoms with Gasteiger partial charge >= 0.3 is 0 Å². The summed E-state index contributed by atoms with van der Waals surface area (Å²) in [7, 11) is 0. The van der Waals surface area contributed by atoms with Crippen LogP contribution >= 0.6 is 0 Å². The zero-order valence-corrected chi connectivity index (χ0v) is 18.0. The highest BCUT2D eigenvalue weighted by Crippen LogP contribution is 2.28. The minimum Gasteiger partial charge on any atom is -0.0616 e. The molecule has 0 saturated heterocycles. The summed E-state index contributed by atoms with van der Waals surface area (Å²) in [5, 5.41) is 7.81. The molecule has 0 fully saturated rings. The monoisotopic (exact) mass is 408 g/mol. The summed E-state index contributed by atoms with van der Waals surface area (Å²) in [6, 6.07) is 44.4. The second kappa shape index (κ2) is 7.98. The second-order valence-electron chi connectivity index (χ2n) is 8.64. The molecule has 32 heavy (non-hydrogen) atoms. The fourth-order valence-electron chi connectivity index (χ4n) is 4.68. The number of hydrogen-bond acceptors (Lipinski definition) is 0. The van der Waals surface area contributed by atoms with Crippen molar-refractivity contribution in [1.82, 2.24) is 0 Å². The van der Waals surface area contributed by atoms with E-state index in [4.69, 9.17) is 0 Å². The Bertz CT molecular complexity index is 1570. The van der Waals surface area contributed by atoms with Crippen LogP contribution in [0.15, 0.2) is 121 Å². The molecule has 0 heteroatoms. The van der Waals surface area contributed by atoms with Crippen LogP contribution in [0.4, 0.5) is 0 Å². The molecule has 6 aromatic carbocycles. The van der Waals surface area contributed by atoms with Crippen molar-refractivity contribution in [3.05, 3.63) is 132 Å². The molecule has 0 saturated carbocycles. The third-order valence-electron chi connectivity index (χ3n) is 6.50. The minimum atomic E-state index is 1.06. The van der Waals surface area contributed by atoms with Gasteiger partial charge in [-0.25, -0.2) is 0 Å². The van der Waals surface area contributed by atoms with Gasteiger partial charge in [-0.2, -0.15) is 0 Å². The molecule has 0 nitrogen and oxygen atoms in total. The van der Waals surface area contributed by atoms with E-state index < -0.39 is 0 Å². The first-order chi connectivity index (χ1) is 15.8. The molecule has 0 heterocycles. The van der Waals surface area contributed by atoms with Crippen molar-refractivity contribution >= 4 is 32.3 Å². The van der Waals surface area contributed by atoms with Crippen LogP contribution in [0.1, 0.15) is 11.1 Å². The summed E-state index contributed by atoms with van der Waals surface area (Å²) in [4.78, 5) is 0. The standard InChI is InChI=1S/C32H24/c1-3-7-27-19-23(11-13-25(27)5-1)9-10-24-12-14-30-22-32(18-17-29(30)20-24)31-16-15-26-6-2-4-8-28(26)21-31/h1-8,11-22H,9-10H2. The molecule has 0 aliphatic rings. The maximum absolute atomic E-state index is 2.35. The fraction of sp³-hybridized carbons (Fsp3) is 0.0625. The molecule has 0 atom stereocenters. The van der Waals surface area contributed by atoms with E-state index in [0.717, 1.165) is 12.8 Å². The van der Waals surface area contributed by atoms with Gasteiger partial charge in [0.15, 0.2) is 0 Å². The molecular weight excluding hydrogens is 384 g/mol. The van der Waals surface area contributed by atoms with Crippen LogP contribution in [-0.4, -0.2) is 0 Å². The number of hydrogen-bond donors (Lipinski definition) is 0. The Kier molecular flexibility index (Phi) is 4.70. The summed E-state index contributed by atoms with van der Waals surface area (Å²) in [6.07, 6.45) is 2.12. The third kappa shape index (κ3) is 3.65. The first-order valence-electron chi connectivity index (χ1n) is 11.3. The van der Waals surface area contributed by atoms with Gasteiger partial charge in [0, 0.05) is 0 Å². The Morgan fingerprint density at radius 1 is 0.312 bits per heavy atom. The van der Waals surface area contributed by atoms with Crippen molar-refractivity contribution in [3.8, 4) is 11.1 Å². The molecule has 0 aliphatic carbocycles. The number of aryl methyl sites for hydroxylation is 2. The molecule has 0 bridgehead atoms. The summed E-state index contributed by atoms with van der Waals surface area (Å²) < 4.78 is 0. The van der Waals surface area contributed by atoms with E-state index in [-0.39, 0.29) is 0 Å². The van der Waals surface area contributed by atoms with Gasteiger partial charge in [-0.15, -0.1) is 0 Å². The van der Waals surface area contributed by atoms with Crippen LogP contribution in [0.25, 0.3) is 43.4 Å². The van der Waals surface area contributed by atoms with Crippen LogP contribution in [0, 0.1) is 0 Å². The van der Waals surface area contributed by atoms with Gasteiger partial charge in [0.05, 0.1) is 0 Å². The number of fused-ring (bicyclic) bond motifs is 3. The smallest absolute Gasteiger partial charge is 0.0177 e. The lowest BCUT2D eigenvalue weighted by molar-refractivity contribution is 0.964. The van der Waals surface area contributed by atoms with Gasteiger partial charge in [-0.1, -0.05) is 109 Å². The predicted octanol–water partition coefficient (Wildman–Crippen LogP) is 8.60. The topological polar surface area (TPSA) is 0 Å². The van der Waals surface area contributed by atoms with E-state index in [2.05, 4.69) is 121 Å². The van der Waals surface area contributed by atoms with Crippen LogP contribution in [0.3, 0.4) is 0 Å². The van der Waals surface area contributed by atoms with E-state index in [9.17, 15) is 0 Å². The van der Waals surface area contributed by atoms with Gasteiger partial charge in [0.1, 0.15) is 0 Å². The highest BCUT2D eigenvalue weighted by atomic mass is 14.1. The van der Waals surface area contributed by atoms with Crippen molar-refractivity contribution in [3.63, 3.8) is 0 Å². The van der Waals surface area contributed by atoms with Gasteiger partial charge in [-0.3, -0.25) is 0 Å². The molecule has 0 amide bonds. The number of rotatable bonds is 4. The molecule has 0 spiro atoms. The molecule has 0 unspecified atom stereocenters. The van der Waals surface area contributed by atoms with Crippen LogP contribution < -0.4 is 0 Å². The van der Waals surface area contributed by atoms with Crippen molar-refractivity contribution in [1.29, 1.82) is 0 Å². The molecule has 0 radical (unpaired) electrons. The summed E-state index contributed by atoms with van der Waals surface area (Å²) in [6.45, 7) is 0. The maximum Gasteiger partial charge on any atom is -0.0177 e. The molecular formula is C32H24. The first kappa shape index (κ1) is 18.8. The average molecular weight is 409 g/mol. The van der Waals surface area contributed by atoms with Gasteiger partial charge < -0.3 is 0 Å². The predicted molar refractivity (Wildman–Crippen MR) is 138 cm³/mol. The molecule has 0 aliphatic heterocycles. The van der Waals surface area contributed by atoms with Gasteiger partial charge in [-0.05, 0) is 79.5 Å². The minimum absolute atomic E-state index is 1.06. The average Bonchev–Trinajstić information content (AvgIpc) is 2.86. The SMILES string of the molecule is c1ccc2cc(CCc3ccc4cc(-c5ccc6ccccc6c5)ccc4c3)ccc2c1. The highest BCUT2D eigenvalue weighted by molar-refractivity contribution is 5.91. The summed E-state index contributed by atoms with van der Waals surface area (Å²) in [5.41, 5.74) is 5.33. The van der Waals surface area contributed by atoms with E-state index >= 15 is 0 Å². The van der Waals surface area contributed by atoms with Crippen molar-refractivity contribution in [2.24, 2.45) is 0 Å². The lowest BCUT2D eigenvalue weighted by Crippen LogP contribution is -1.92. The normalized spacial score (nSPS) is 11.4. The quantitative estimate of drug-likeness (QED) is 0.274. The molecule has 6 aromatic rings. The Morgan fingerprint density at radius 3 is 1.28 bits per heavy atom. The lowest BCUT2D eigenvalue weighted by Gasteiger charge is -2.08. The third-order valence-corrected chi connectivity index (χ3v) is 6.50. The number of benzene rings is 6. The van der Waals surface area contributed by atoms with Crippen LogP contribution in [0.5, 0.6) is 0 Å². The van der Waals surface area contributed by atoms with E-state index in [0.29, 0.717) is 0 Å². The Balaban J connectivity index is 1.25. The Labute approximate surface area is 188 Å². The summed E-state index contributed by atoms with van der Waals surface area (Å²) >= 11 is 0. The van der Waals surface area contributed by atoms with Crippen molar-refractivity contribution in [2.75, 3.05) is 0 Å². The lowest BCUT2D eigenvalue weighted by atomic mass is 9.96. The Morgan fingerprint density at radius 2 is 0.688 bits per heavy atom. The molecule has 152 valence electrons. The first-order valence-corrected chi connectivity index (χ1v) is 11.3. The molecule has 6 rings (SSSR count). The largest absolute Gasteiger partial charge is 0.0616 e.